The fourth-order valence-electron chi connectivity index (χ4n) is 3.92. The number of nitrogens with one attached hydrogen (secondary N) is 1. The van der Waals surface area contributed by atoms with E-state index in [2.05, 4.69) is 5.32 Å². The van der Waals surface area contributed by atoms with Crippen molar-refractivity contribution < 1.29 is 19.1 Å². The molecule has 1 saturated heterocycles. The summed E-state index contributed by atoms with van der Waals surface area (Å²) >= 11 is 0. The number of aryl methyl sites for hydroxylation is 1. The number of methoxy groups -OCH3 is 1. The number of ether oxygens (including phenoxy) is 1. The van der Waals surface area contributed by atoms with Gasteiger partial charge in [0.15, 0.2) is 0 Å². The SMILES string of the molecule is COCCCN1C(C(=O)Nc2cccc(C)c2C)=CC2C(=O)N(C)C(=O)N(C)C21. The van der Waals surface area contributed by atoms with E-state index in [1.54, 1.807) is 20.2 Å². The number of nitrogens with zero attached hydrogens (tertiary/aromatic N) is 3. The van der Waals surface area contributed by atoms with Crippen molar-refractivity contribution in [2.45, 2.75) is 26.4 Å². The van der Waals surface area contributed by atoms with Gasteiger partial charge in [0.2, 0.25) is 5.91 Å². The van der Waals surface area contributed by atoms with Crippen molar-refractivity contribution in [3.05, 3.63) is 41.1 Å². The summed E-state index contributed by atoms with van der Waals surface area (Å²) in [6.45, 7) is 4.95. The van der Waals surface area contributed by atoms with E-state index in [0.717, 1.165) is 21.7 Å². The lowest BCUT2D eigenvalue weighted by atomic mass is 10.0. The highest BCUT2D eigenvalue weighted by Gasteiger charge is 2.50. The Morgan fingerprint density at radius 3 is 2.62 bits per heavy atom. The lowest BCUT2D eigenvalue weighted by Crippen LogP contribution is -2.62. The summed E-state index contributed by atoms with van der Waals surface area (Å²) in [7, 11) is 4.74. The predicted molar refractivity (Wildman–Crippen MR) is 109 cm³/mol. The summed E-state index contributed by atoms with van der Waals surface area (Å²) in [5.41, 5.74) is 3.21. The fraction of sp³-hybridized carbons (Fsp3) is 0.476. The maximum Gasteiger partial charge on any atom is 0.327 e. The molecule has 0 saturated carbocycles. The molecule has 8 nitrogen and oxygen atoms in total. The molecule has 8 heteroatoms. The molecule has 0 radical (unpaired) electrons. The van der Waals surface area contributed by atoms with Crippen molar-refractivity contribution in [3.8, 4) is 0 Å². The summed E-state index contributed by atoms with van der Waals surface area (Å²) in [4.78, 5) is 42.8. The lowest BCUT2D eigenvalue weighted by Gasteiger charge is -2.43. The van der Waals surface area contributed by atoms with Gasteiger partial charge in [0, 0.05) is 40.0 Å². The molecule has 1 aromatic carbocycles. The van der Waals surface area contributed by atoms with Crippen LogP contribution in [0.3, 0.4) is 0 Å². The first-order chi connectivity index (χ1) is 13.8. The number of amides is 4. The second kappa shape index (κ2) is 8.24. The largest absolute Gasteiger partial charge is 0.385 e. The van der Waals surface area contributed by atoms with Gasteiger partial charge in [0.25, 0.3) is 5.91 Å². The van der Waals surface area contributed by atoms with Crippen molar-refractivity contribution >= 4 is 23.5 Å². The maximum atomic E-state index is 13.2. The Hall–Kier alpha value is -2.87. The highest BCUT2D eigenvalue weighted by atomic mass is 16.5. The number of rotatable bonds is 6. The van der Waals surface area contributed by atoms with Gasteiger partial charge in [0.1, 0.15) is 11.9 Å². The molecule has 0 bridgehead atoms. The van der Waals surface area contributed by atoms with Crippen molar-refractivity contribution in [1.29, 1.82) is 0 Å². The van der Waals surface area contributed by atoms with E-state index >= 15 is 0 Å². The second-order valence-corrected chi connectivity index (χ2v) is 7.52. The van der Waals surface area contributed by atoms with Crippen LogP contribution in [0.5, 0.6) is 0 Å². The molecule has 2 atom stereocenters. The molecule has 3 rings (SSSR count). The van der Waals surface area contributed by atoms with Gasteiger partial charge in [-0.15, -0.1) is 0 Å². The van der Waals surface area contributed by atoms with Gasteiger partial charge in [-0.05, 0) is 43.5 Å². The Balaban J connectivity index is 1.91. The van der Waals surface area contributed by atoms with Crippen LogP contribution in [0.1, 0.15) is 17.5 Å². The monoisotopic (exact) mass is 400 g/mol. The number of benzene rings is 1. The van der Waals surface area contributed by atoms with E-state index in [1.165, 1.54) is 11.9 Å². The van der Waals surface area contributed by atoms with Crippen LogP contribution in [0.25, 0.3) is 0 Å². The number of hydrogen-bond acceptors (Lipinski definition) is 5. The highest BCUT2D eigenvalue weighted by Crippen LogP contribution is 2.35. The number of hydrogen-bond donors (Lipinski definition) is 1. The standard InChI is InChI=1S/C21H28N4O4/c1-13-8-6-9-16(14(13)2)22-18(26)17-12-15-19(25(17)10-7-11-29-5)23(3)21(28)24(4)20(15)27/h6,8-9,12,15,19H,7,10-11H2,1-5H3,(H,22,26). The van der Waals surface area contributed by atoms with Crippen LogP contribution in [0.2, 0.25) is 0 Å². The first-order valence-electron chi connectivity index (χ1n) is 9.67. The zero-order chi connectivity index (χ0) is 21.3. The van der Waals surface area contributed by atoms with E-state index in [0.29, 0.717) is 25.3 Å². The minimum absolute atomic E-state index is 0.290. The number of fused-ring (bicyclic) bond motifs is 1. The average Bonchev–Trinajstić information content (AvgIpc) is 3.08. The summed E-state index contributed by atoms with van der Waals surface area (Å²) in [5.74, 6) is -1.17. The normalized spacial score (nSPS) is 21.4. The van der Waals surface area contributed by atoms with Gasteiger partial charge in [0.05, 0.1) is 5.92 Å². The quantitative estimate of drug-likeness (QED) is 0.738. The van der Waals surface area contributed by atoms with Crippen LogP contribution in [0.15, 0.2) is 30.0 Å². The van der Waals surface area contributed by atoms with Gasteiger partial charge >= 0.3 is 6.03 Å². The molecule has 2 unspecified atom stereocenters. The third kappa shape index (κ3) is 3.72. The number of carbonyl (C=O) groups is 3. The molecule has 1 aromatic rings. The van der Waals surface area contributed by atoms with Crippen molar-refractivity contribution in [2.24, 2.45) is 5.92 Å². The Morgan fingerprint density at radius 1 is 1.21 bits per heavy atom. The zero-order valence-electron chi connectivity index (χ0n) is 17.6. The molecule has 2 aliphatic heterocycles. The smallest absolute Gasteiger partial charge is 0.327 e. The van der Waals surface area contributed by atoms with Crippen LogP contribution in [-0.4, -0.2) is 73.1 Å². The summed E-state index contributed by atoms with van der Waals surface area (Å²) in [6, 6.07) is 5.35. The topological polar surface area (TPSA) is 82.2 Å². The van der Waals surface area contributed by atoms with Gasteiger partial charge < -0.3 is 19.9 Å². The molecular formula is C21H28N4O4. The van der Waals surface area contributed by atoms with Gasteiger partial charge in [-0.1, -0.05) is 12.1 Å². The molecule has 0 aromatic heterocycles. The summed E-state index contributed by atoms with van der Waals surface area (Å²) in [6.07, 6.45) is 1.84. The molecule has 1 N–H and O–H groups in total. The Morgan fingerprint density at radius 2 is 1.93 bits per heavy atom. The second-order valence-electron chi connectivity index (χ2n) is 7.52. The zero-order valence-corrected chi connectivity index (χ0v) is 17.6. The Bertz CT molecular complexity index is 866. The molecule has 4 amide bonds. The third-order valence-electron chi connectivity index (χ3n) is 5.72. The molecule has 2 heterocycles. The molecule has 156 valence electrons. The average molecular weight is 400 g/mol. The van der Waals surface area contributed by atoms with Crippen molar-refractivity contribution in [3.63, 3.8) is 0 Å². The van der Waals surface area contributed by atoms with E-state index in [-0.39, 0.29) is 17.8 Å². The summed E-state index contributed by atoms with van der Waals surface area (Å²) in [5, 5.41) is 2.97. The molecule has 0 aliphatic carbocycles. The molecular weight excluding hydrogens is 372 g/mol. The number of imide groups is 1. The molecule has 2 aliphatic rings. The summed E-state index contributed by atoms with van der Waals surface area (Å²) < 4.78 is 5.14. The molecule has 29 heavy (non-hydrogen) atoms. The van der Waals surface area contributed by atoms with E-state index < -0.39 is 12.1 Å². The van der Waals surface area contributed by atoms with Crippen LogP contribution in [-0.2, 0) is 14.3 Å². The third-order valence-corrected chi connectivity index (χ3v) is 5.72. The fourth-order valence-corrected chi connectivity index (χ4v) is 3.92. The minimum atomic E-state index is -0.579. The van der Waals surface area contributed by atoms with Gasteiger partial charge in [-0.2, -0.15) is 0 Å². The van der Waals surface area contributed by atoms with Crippen LogP contribution < -0.4 is 5.32 Å². The molecule has 1 fully saturated rings. The van der Waals surface area contributed by atoms with Gasteiger partial charge in [-0.25, -0.2) is 4.79 Å². The highest BCUT2D eigenvalue weighted by molar-refractivity contribution is 6.06. The van der Waals surface area contributed by atoms with E-state index in [1.807, 2.05) is 36.9 Å². The van der Waals surface area contributed by atoms with E-state index in [4.69, 9.17) is 4.74 Å². The lowest BCUT2D eigenvalue weighted by molar-refractivity contribution is -0.137. The van der Waals surface area contributed by atoms with Crippen LogP contribution in [0, 0.1) is 19.8 Å². The number of anilines is 1. The number of urea groups is 1. The van der Waals surface area contributed by atoms with Gasteiger partial charge in [-0.3, -0.25) is 14.5 Å². The van der Waals surface area contributed by atoms with Crippen molar-refractivity contribution in [1.82, 2.24) is 14.7 Å². The number of carbonyl (C=O) groups excluding carboxylic acids is 3. The maximum absolute atomic E-state index is 13.2. The van der Waals surface area contributed by atoms with Crippen LogP contribution in [0.4, 0.5) is 10.5 Å². The van der Waals surface area contributed by atoms with Crippen molar-refractivity contribution in [2.75, 3.05) is 39.7 Å². The molecule has 0 spiro atoms. The Labute approximate surface area is 171 Å². The first-order valence-corrected chi connectivity index (χ1v) is 9.67. The first kappa shape index (κ1) is 20.9. The predicted octanol–water partition coefficient (Wildman–Crippen LogP) is 1.94. The minimum Gasteiger partial charge on any atom is -0.385 e. The van der Waals surface area contributed by atoms with Crippen LogP contribution >= 0.6 is 0 Å². The van der Waals surface area contributed by atoms with E-state index in [9.17, 15) is 14.4 Å². The Kier molecular flexibility index (Phi) is 5.93.